The van der Waals surface area contributed by atoms with E-state index in [9.17, 15) is 4.79 Å². The summed E-state index contributed by atoms with van der Waals surface area (Å²) in [5.41, 5.74) is 0.838. The summed E-state index contributed by atoms with van der Waals surface area (Å²) in [6, 6.07) is 7.41. The highest BCUT2D eigenvalue weighted by molar-refractivity contribution is 7.18. The van der Waals surface area contributed by atoms with Crippen LogP contribution in [-0.2, 0) is 9.53 Å². The van der Waals surface area contributed by atoms with Crippen molar-refractivity contribution in [3.05, 3.63) is 29.3 Å². The van der Waals surface area contributed by atoms with Gasteiger partial charge in [-0.3, -0.25) is 9.69 Å². The third kappa shape index (κ3) is 5.26. The molecule has 0 aliphatic rings. The summed E-state index contributed by atoms with van der Waals surface area (Å²) in [6.45, 7) is 7.03. The summed E-state index contributed by atoms with van der Waals surface area (Å²) >= 11 is 7.30. The molecule has 0 spiro atoms. The van der Waals surface area contributed by atoms with Crippen molar-refractivity contribution in [1.82, 2.24) is 10.2 Å². The molecule has 0 aliphatic heterocycles. The monoisotopic (exact) mass is 367 g/mol. The van der Waals surface area contributed by atoms with Gasteiger partial charge >= 0.3 is 0 Å². The lowest BCUT2D eigenvalue weighted by atomic mass is 9.92. The standard InChI is InChI=1S/C17H22ClN3O2S/c1-17(2,3)11-14(22)21(9-10-23-4)16-20-19-15(24-16)12-5-7-13(18)8-6-12/h5-8H,9-11H2,1-4H3. The van der Waals surface area contributed by atoms with Gasteiger partial charge in [0.2, 0.25) is 11.0 Å². The molecule has 0 fully saturated rings. The maximum absolute atomic E-state index is 12.6. The minimum atomic E-state index is -0.0912. The number of halogens is 1. The lowest BCUT2D eigenvalue weighted by molar-refractivity contribution is -0.120. The summed E-state index contributed by atoms with van der Waals surface area (Å²) in [4.78, 5) is 14.3. The van der Waals surface area contributed by atoms with Crippen LogP contribution >= 0.6 is 22.9 Å². The average molecular weight is 368 g/mol. The van der Waals surface area contributed by atoms with Gasteiger partial charge in [0, 0.05) is 24.1 Å². The number of methoxy groups -OCH3 is 1. The minimum Gasteiger partial charge on any atom is -0.383 e. The van der Waals surface area contributed by atoms with Crippen LogP contribution in [0.15, 0.2) is 24.3 Å². The Kier molecular flexibility index (Phi) is 6.32. The van der Waals surface area contributed by atoms with Gasteiger partial charge in [-0.05, 0) is 17.5 Å². The maximum atomic E-state index is 12.6. The molecule has 2 rings (SSSR count). The fourth-order valence-corrected chi connectivity index (χ4v) is 3.11. The molecule has 0 radical (unpaired) electrons. The van der Waals surface area contributed by atoms with E-state index in [0.717, 1.165) is 10.6 Å². The minimum absolute atomic E-state index is 0.0263. The first kappa shape index (κ1) is 18.8. The van der Waals surface area contributed by atoms with Gasteiger partial charge in [-0.25, -0.2) is 0 Å². The van der Waals surface area contributed by atoms with Crippen molar-refractivity contribution in [2.75, 3.05) is 25.2 Å². The second kappa shape index (κ2) is 8.05. The second-order valence-corrected chi connectivity index (χ2v) is 8.06. The van der Waals surface area contributed by atoms with Gasteiger partial charge in [-0.1, -0.05) is 55.8 Å². The number of amides is 1. The Morgan fingerprint density at radius 3 is 2.50 bits per heavy atom. The number of hydrogen-bond donors (Lipinski definition) is 0. The first-order valence-corrected chi connectivity index (χ1v) is 8.88. The lowest BCUT2D eigenvalue weighted by Crippen LogP contribution is -2.36. The zero-order valence-electron chi connectivity index (χ0n) is 14.4. The number of rotatable bonds is 6. The summed E-state index contributed by atoms with van der Waals surface area (Å²) in [5.74, 6) is 0.0263. The van der Waals surface area contributed by atoms with E-state index in [0.29, 0.717) is 29.7 Å². The Bertz CT molecular complexity index is 680. The summed E-state index contributed by atoms with van der Waals surface area (Å²) in [6.07, 6.45) is 0.437. The maximum Gasteiger partial charge on any atom is 0.229 e. The second-order valence-electron chi connectivity index (χ2n) is 6.67. The Balaban J connectivity index is 2.23. The SMILES string of the molecule is COCCN(C(=O)CC(C)(C)C)c1nnc(-c2ccc(Cl)cc2)s1. The van der Waals surface area contributed by atoms with Gasteiger partial charge in [-0.15, -0.1) is 10.2 Å². The average Bonchev–Trinajstić information content (AvgIpc) is 2.96. The highest BCUT2D eigenvalue weighted by Crippen LogP contribution is 2.31. The molecule has 7 heteroatoms. The Hall–Kier alpha value is -1.50. The topological polar surface area (TPSA) is 55.3 Å². The summed E-state index contributed by atoms with van der Waals surface area (Å²) in [5, 5.41) is 10.4. The third-order valence-electron chi connectivity index (χ3n) is 3.24. The molecule has 0 saturated heterocycles. The molecular formula is C17H22ClN3O2S. The number of carbonyl (C=O) groups is 1. The van der Waals surface area contributed by atoms with Crippen molar-refractivity contribution in [1.29, 1.82) is 0 Å². The Morgan fingerprint density at radius 2 is 1.92 bits per heavy atom. The van der Waals surface area contributed by atoms with Gasteiger partial charge in [-0.2, -0.15) is 0 Å². The van der Waals surface area contributed by atoms with Gasteiger partial charge in [0.05, 0.1) is 13.2 Å². The molecule has 0 N–H and O–H groups in total. The first-order valence-electron chi connectivity index (χ1n) is 7.69. The molecule has 1 aromatic heterocycles. The van der Waals surface area contributed by atoms with Gasteiger partial charge in [0.25, 0.3) is 0 Å². The van der Waals surface area contributed by atoms with Crippen LogP contribution in [0.25, 0.3) is 10.6 Å². The molecule has 0 aliphatic carbocycles. The molecule has 1 amide bonds. The number of carbonyl (C=O) groups excluding carboxylic acids is 1. The molecule has 0 saturated carbocycles. The summed E-state index contributed by atoms with van der Waals surface area (Å²) < 4.78 is 5.13. The predicted molar refractivity (Wildman–Crippen MR) is 98.7 cm³/mol. The van der Waals surface area contributed by atoms with Crippen LogP contribution in [0.2, 0.25) is 5.02 Å². The predicted octanol–water partition coefficient (Wildman–Crippen LogP) is 4.27. The van der Waals surface area contributed by atoms with Crippen molar-refractivity contribution in [2.24, 2.45) is 5.41 Å². The van der Waals surface area contributed by atoms with Crippen molar-refractivity contribution >= 4 is 34.0 Å². The fourth-order valence-electron chi connectivity index (χ4n) is 2.09. The lowest BCUT2D eigenvalue weighted by Gasteiger charge is -2.24. The molecule has 0 unspecified atom stereocenters. The van der Waals surface area contributed by atoms with E-state index in [1.165, 1.54) is 11.3 Å². The quantitative estimate of drug-likeness (QED) is 0.764. The van der Waals surface area contributed by atoms with Crippen LogP contribution in [0, 0.1) is 5.41 Å². The van der Waals surface area contributed by atoms with Crippen molar-refractivity contribution < 1.29 is 9.53 Å². The Morgan fingerprint density at radius 1 is 1.25 bits per heavy atom. The molecule has 24 heavy (non-hydrogen) atoms. The van der Waals surface area contributed by atoms with Crippen molar-refractivity contribution in [3.8, 4) is 10.6 Å². The Labute approximate surface area is 151 Å². The molecule has 2 aromatic rings. The van der Waals surface area contributed by atoms with Gasteiger partial charge in [0.1, 0.15) is 5.01 Å². The fraction of sp³-hybridized carbons (Fsp3) is 0.471. The largest absolute Gasteiger partial charge is 0.383 e. The molecule has 0 bridgehead atoms. The highest BCUT2D eigenvalue weighted by atomic mass is 35.5. The molecule has 0 atom stereocenters. The van der Waals surface area contributed by atoms with E-state index in [-0.39, 0.29) is 11.3 Å². The van der Waals surface area contributed by atoms with E-state index < -0.39 is 0 Å². The van der Waals surface area contributed by atoms with Crippen LogP contribution < -0.4 is 4.90 Å². The first-order chi connectivity index (χ1) is 11.3. The molecule has 5 nitrogen and oxygen atoms in total. The van der Waals surface area contributed by atoms with Gasteiger partial charge < -0.3 is 4.74 Å². The number of ether oxygens (including phenoxy) is 1. The molecular weight excluding hydrogens is 346 g/mol. The normalized spacial score (nSPS) is 11.5. The van der Waals surface area contributed by atoms with Crippen LogP contribution in [0.3, 0.4) is 0 Å². The smallest absolute Gasteiger partial charge is 0.229 e. The number of benzene rings is 1. The van der Waals surface area contributed by atoms with E-state index in [4.69, 9.17) is 16.3 Å². The third-order valence-corrected chi connectivity index (χ3v) is 4.49. The van der Waals surface area contributed by atoms with E-state index in [1.807, 2.05) is 45.0 Å². The van der Waals surface area contributed by atoms with Crippen molar-refractivity contribution in [3.63, 3.8) is 0 Å². The number of aromatic nitrogens is 2. The number of anilines is 1. The highest BCUT2D eigenvalue weighted by Gasteiger charge is 2.25. The molecule has 1 aromatic carbocycles. The molecule has 1 heterocycles. The number of hydrogen-bond acceptors (Lipinski definition) is 5. The van der Waals surface area contributed by atoms with E-state index in [2.05, 4.69) is 10.2 Å². The van der Waals surface area contributed by atoms with E-state index >= 15 is 0 Å². The zero-order valence-corrected chi connectivity index (χ0v) is 15.9. The van der Waals surface area contributed by atoms with Crippen molar-refractivity contribution in [2.45, 2.75) is 27.2 Å². The van der Waals surface area contributed by atoms with Crippen LogP contribution in [0.5, 0.6) is 0 Å². The van der Waals surface area contributed by atoms with Crippen LogP contribution in [0.4, 0.5) is 5.13 Å². The van der Waals surface area contributed by atoms with Gasteiger partial charge in [0.15, 0.2) is 0 Å². The summed E-state index contributed by atoms with van der Waals surface area (Å²) in [7, 11) is 1.62. The van der Waals surface area contributed by atoms with Crippen LogP contribution in [-0.4, -0.2) is 36.4 Å². The molecule has 130 valence electrons. The van der Waals surface area contributed by atoms with E-state index in [1.54, 1.807) is 12.0 Å². The van der Waals surface area contributed by atoms with Crippen LogP contribution in [0.1, 0.15) is 27.2 Å². The zero-order chi connectivity index (χ0) is 17.7. The number of nitrogens with zero attached hydrogens (tertiary/aromatic N) is 3.